The van der Waals surface area contributed by atoms with Crippen LogP contribution in [0.1, 0.15) is 52.4 Å². The van der Waals surface area contributed by atoms with Crippen LogP contribution in [0, 0.1) is 5.41 Å². The van der Waals surface area contributed by atoms with Gasteiger partial charge in [-0.3, -0.25) is 10.3 Å². The number of piperidine rings is 1. The van der Waals surface area contributed by atoms with Gasteiger partial charge in [-0.1, -0.05) is 20.3 Å². The van der Waals surface area contributed by atoms with Crippen LogP contribution in [0.3, 0.4) is 0 Å². The number of hydrogen-bond donors (Lipinski definition) is 2. The molecule has 0 aromatic rings. The molecule has 1 heterocycles. The van der Waals surface area contributed by atoms with Gasteiger partial charge in [0.2, 0.25) is 0 Å². The van der Waals surface area contributed by atoms with Crippen molar-refractivity contribution in [2.45, 2.75) is 64.5 Å². The maximum absolute atomic E-state index is 7.42. The van der Waals surface area contributed by atoms with Crippen molar-refractivity contribution in [1.82, 2.24) is 4.90 Å². The Labute approximate surface area is 93.5 Å². The van der Waals surface area contributed by atoms with Gasteiger partial charge >= 0.3 is 0 Å². The third kappa shape index (κ3) is 3.49. The van der Waals surface area contributed by atoms with E-state index in [2.05, 4.69) is 18.7 Å². The van der Waals surface area contributed by atoms with Crippen molar-refractivity contribution in [3.63, 3.8) is 0 Å². The Morgan fingerprint density at radius 2 is 2.20 bits per heavy atom. The Bertz CT molecular complexity index is 203. The fraction of sp³-hybridized carbons (Fsp3) is 0.917. The third-order valence-corrected chi connectivity index (χ3v) is 3.54. The molecule has 3 nitrogen and oxygen atoms in total. The molecule has 88 valence electrons. The van der Waals surface area contributed by atoms with E-state index in [4.69, 9.17) is 11.1 Å². The van der Waals surface area contributed by atoms with E-state index in [1.165, 1.54) is 32.2 Å². The Morgan fingerprint density at radius 1 is 1.47 bits per heavy atom. The number of rotatable bonds is 5. The summed E-state index contributed by atoms with van der Waals surface area (Å²) in [6.07, 6.45) is 7.08. The van der Waals surface area contributed by atoms with Crippen molar-refractivity contribution in [3.05, 3.63) is 0 Å². The van der Waals surface area contributed by atoms with Crippen molar-refractivity contribution in [1.29, 1.82) is 5.41 Å². The zero-order chi connectivity index (χ0) is 11.3. The van der Waals surface area contributed by atoms with E-state index >= 15 is 0 Å². The molecule has 1 saturated heterocycles. The molecule has 0 amide bonds. The van der Waals surface area contributed by atoms with Crippen LogP contribution in [0.5, 0.6) is 0 Å². The number of hydrogen-bond acceptors (Lipinski definition) is 2. The van der Waals surface area contributed by atoms with Gasteiger partial charge < -0.3 is 5.73 Å². The van der Waals surface area contributed by atoms with E-state index in [-0.39, 0.29) is 0 Å². The van der Waals surface area contributed by atoms with Crippen LogP contribution in [0.25, 0.3) is 0 Å². The van der Waals surface area contributed by atoms with Crippen LogP contribution in [-0.4, -0.2) is 29.4 Å². The minimum Gasteiger partial charge on any atom is -0.388 e. The summed E-state index contributed by atoms with van der Waals surface area (Å²) >= 11 is 0. The molecule has 2 atom stereocenters. The van der Waals surface area contributed by atoms with Gasteiger partial charge in [0.15, 0.2) is 0 Å². The van der Waals surface area contributed by atoms with Gasteiger partial charge in [0.05, 0.1) is 5.84 Å². The van der Waals surface area contributed by atoms with Gasteiger partial charge in [-0.25, -0.2) is 0 Å². The monoisotopic (exact) mass is 211 g/mol. The molecule has 0 aliphatic carbocycles. The molecule has 3 N–H and O–H groups in total. The topological polar surface area (TPSA) is 53.1 Å². The van der Waals surface area contributed by atoms with Crippen LogP contribution >= 0.6 is 0 Å². The van der Waals surface area contributed by atoms with Gasteiger partial charge in [0.25, 0.3) is 0 Å². The Hall–Kier alpha value is -0.570. The lowest BCUT2D eigenvalue weighted by atomic mass is 9.95. The minimum absolute atomic E-state index is 0.335. The summed E-state index contributed by atoms with van der Waals surface area (Å²) < 4.78 is 0. The average molecular weight is 211 g/mol. The van der Waals surface area contributed by atoms with Crippen LogP contribution in [-0.2, 0) is 0 Å². The van der Waals surface area contributed by atoms with E-state index in [9.17, 15) is 0 Å². The molecule has 0 radical (unpaired) electrons. The maximum Gasteiger partial charge on any atom is 0.0921 e. The summed E-state index contributed by atoms with van der Waals surface area (Å²) in [4.78, 5) is 2.59. The molecule has 1 aliphatic heterocycles. The largest absolute Gasteiger partial charge is 0.388 e. The van der Waals surface area contributed by atoms with Gasteiger partial charge in [0.1, 0.15) is 0 Å². The second-order valence-electron chi connectivity index (χ2n) is 4.59. The smallest absolute Gasteiger partial charge is 0.0921 e. The first-order valence-electron chi connectivity index (χ1n) is 6.27. The number of likely N-dealkylation sites (tertiary alicyclic amines) is 1. The average Bonchev–Trinajstić information content (AvgIpc) is 2.25. The molecule has 2 unspecified atom stereocenters. The molecule has 0 bridgehead atoms. The zero-order valence-corrected chi connectivity index (χ0v) is 10.1. The molecule has 1 fully saturated rings. The zero-order valence-electron chi connectivity index (χ0n) is 10.1. The lowest BCUT2D eigenvalue weighted by Gasteiger charge is -2.40. The van der Waals surface area contributed by atoms with Crippen molar-refractivity contribution in [2.75, 3.05) is 6.54 Å². The molecule has 1 rings (SSSR count). The van der Waals surface area contributed by atoms with E-state index in [0.29, 0.717) is 11.9 Å². The third-order valence-electron chi connectivity index (χ3n) is 3.54. The van der Waals surface area contributed by atoms with Gasteiger partial charge in [-0.05, 0) is 32.2 Å². The molecule has 0 saturated carbocycles. The van der Waals surface area contributed by atoms with E-state index in [1.54, 1.807) is 0 Å². The van der Waals surface area contributed by atoms with Crippen LogP contribution in [0.2, 0.25) is 0 Å². The first-order valence-corrected chi connectivity index (χ1v) is 6.27. The Morgan fingerprint density at radius 3 is 2.73 bits per heavy atom. The Kier molecular flexibility index (Phi) is 5.09. The fourth-order valence-electron chi connectivity index (χ4n) is 2.69. The quantitative estimate of drug-likeness (QED) is 0.542. The maximum atomic E-state index is 7.42. The standard InChI is InChI=1S/C12H25N3/c1-3-10-7-5-6-8-15(10)11(4-2)9-12(13)14/h10-11H,3-9H2,1-2H3,(H3,13,14). The lowest BCUT2D eigenvalue weighted by molar-refractivity contribution is 0.0920. The predicted octanol–water partition coefficient (Wildman–Crippen LogP) is 2.36. The highest BCUT2D eigenvalue weighted by Gasteiger charge is 2.26. The van der Waals surface area contributed by atoms with Crippen molar-refractivity contribution in [3.8, 4) is 0 Å². The Balaban J connectivity index is 2.58. The second-order valence-corrected chi connectivity index (χ2v) is 4.59. The van der Waals surface area contributed by atoms with Gasteiger partial charge in [0, 0.05) is 18.5 Å². The summed E-state index contributed by atoms with van der Waals surface area (Å²) in [7, 11) is 0. The van der Waals surface area contributed by atoms with E-state index in [0.717, 1.165) is 18.9 Å². The molecule has 0 spiro atoms. The van der Waals surface area contributed by atoms with Crippen molar-refractivity contribution >= 4 is 5.84 Å². The van der Waals surface area contributed by atoms with Crippen LogP contribution in [0.15, 0.2) is 0 Å². The molecule has 0 aromatic heterocycles. The number of nitrogens with one attached hydrogen (secondary N) is 1. The lowest BCUT2D eigenvalue weighted by Crippen LogP contribution is -2.47. The highest BCUT2D eigenvalue weighted by atomic mass is 15.2. The number of nitrogens with zero attached hydrogens (tertiary/aromatic N) is 1. The van der Waals surface area contributed by atoms with Gasteiger partial charge in [-0.15, -0.1) is 0 Å². The summed E-state index contributed by atoms with van der Waals surface area (Å²) in [6.45, 7) is 5.67. The fourth-order valence-corrected chi connectivity index (χ4v) is 2.69. The first-order chi connectivity index (χ1) is 7.19. The van der Waals surface area contributed by atoms with Crippen molar-refractivity contribution < 1.29 is 0 Å². The minimum atomic E-state index is 0.335. The summed E-state index contributed by atoms with van der Waals surface area (Å²) in [5.74, 6) is 0.335. The molecular formula is C12H25N3. The normalized spacial score (nSPS) is 25.1. The van der Waals surface area contributed by atoms with Crippen LogP contribution in [0.4, 0.5) is 0 Å². The molecule has 3 heteroatoms. The van der Waals surface area contributed by atoms with Crippen molar-refractivity contribution in [2.24, 2.45) is 5.73 Å². The SMILES string of the molecule is CCC1CCCCN1C(CC)CC(=N)N. The van der Waals surface area contributed by atoms with E-state index in [1.807, 2.05) is 0 Å². The highest BCUT2D eigenvalue weighted by Crippen LogP contribution is 2.24. The number of nitrogens with two attached hydrogens (primary N) is 1. The second kappa shape index (κ2) is 6.11. The summed E-state index contributed by atoms with van der Waals surface area (Å²) in [5.41, 5.74) is 5.52. The van der Waals surface area contributed by atoms with Gasteiger partial charge in [-0.2, -0.15) is 0 Å². The summed E-state index contributed by atoms with van der Waals surface area (Å²) in [5, 5.41) is 7.42. The first kappa shape index (κ1) is 12.5. The molecular weight excluding hydrogens is 186 g/mol. The highest BCUT2D eigenvalue weighted by molar-refractivity contribution is 5.77. The molecule has 0 aromatic carbocycles. The van der Waals surface area contributed by atoms with E-state index < -0.39 is 0 Å². The predicted molar refractivity (Wildman–Crippen MR) is 65.2 cm³/mol. The summed E-state index contributed by atoms with van der Waals surface area (Å²) in [6, 6.07) is 1.22. The van der Waals surface area contributed by atoms with Crippen LogP contribution < -0.4 is 5.73 Å². The molecule has 1 aliphatic rings. The number of amidine groups is 1. The molecule has 15 heavy (non-hydrogen) atoms.